The number of benzene rings is 3. The molecule has 0 aliphatic heterocycles. The summed E-state index contributed by atoms with van der Waals surface area (Å²) in [5.74, 6) is 0.525. The number of halogens is 4. The van der Waals surface area contributed by atoms with E-state index in [1.54, 1.807) is 34.9 Å². The summed E-state index contributed by atoms with van der Waals surface area (Å²) in [6, 6.07) is 15.0. The second-order valence-electron chi connectivity index (χ2n) is 9.16. The van der Waals surface area contributed by atoms with Crippen LogP contribution in [0.4, 0.5) is 18.0 Å². The maximum Gasteiger partial charge on any atom is 0.421 e. The van der Waals surface area contributed by atoms with Crippen molar-refractivity contribution >= 4 is 49.5 Å². The highest BCUT2D eigenvalue weighted by molar-refractivity contribution is 7.89. The van der Waals surface area contributed by atoms with E-state index in [-0.39, 0.29) is 23.4 Å². The Kier molecular flexibility index (Phi) is 7.39. The van der Waals surface area contributed by atoms with Gasteiger partial charge in [0.2, 0.25) is 0 Å². The first kappa shape index (κ1) is 28.4. The van der Waals surface area contributed by atoms with Gasteiger partial charge >= 0.3 is 12.3 Å². The lowest BCUT2D eigenvalue weighted by Crippen LogP contribution is -2.37. The van der Waals surface area contributed by atoms with Crippen LogP contribution < -0.4 is 0 Å². The second-order valence-corrected chi connectivity index (χ2v) is 11.4. The summed E-state index contributed by atoms with van der Waals surface area (Å²) >= 11 is 5.97. The van der Waals surface area contributed by atoms with E-state index in [4.69, 9.17) is 11.6 Å². The fourth-order valence-corrected chi connectivity index (χ4v) is 6.44. The molecule has 2 heterocycles. The highest BCUT2D eigenvalue weighted by Gasteiger charge is 2.34. The maximum atomic E-state index is 13.4. The van der Waals surface area contributed by atoms with Gasteiger partial charge < -0.3 is 5.11 Å². The van der Waals surface area contributed by atoms with Crippen LogP contribution in [0.25, 0.3) is 27.5 Å². The highest BCUT2D eigenvalue weighted by Crippen LogP contribution is 2.38. The number of sulfonamides is 1. The van der Waals surface area contributed by atoms with Crippen LogP contribution in [0.15, 0.2) is 78.0 Å². The quantitative estimate of drug-likeness (QED) is 0.222. The van der Waals surface area contributed by atoms with Crippen molar-refractivity contribution in [3.63, 3.8) is 0 Å². The third-order valence-corrected chi connectivity index (χ3v) is 8.80. The highest BCUT2D eigenvalue weighted by atomic mass is 35.5. The number of hydrogen-bond acceptors (Lipinski definition) is 5. The summed E-state index contributed by atoms with van der Waals surface area (Å²) in [5.41, 5.74) is 0.843. The van der Waals surface area contributed by atoms with Crippen molar-refractivity contribution in [3.8, 4) is 5.69 Å². The van der Waals surface area contributed by atoms with Crippen LogP contribution in [0.1, 0.15) is 23.9 Å². The topological polar surface area (TPSA) is 105 Å². The van der Waals surface area contributed by atoms with Crippen molar-refractivity contribution in [3.05, 3.63) is 95.0 Å². The van der Waals surface area contributed by atoms with E-state index >= 15 is 0 Å². The van der Waals surface area contributed by atoms with Crippen LogP contribution in [-0.4, -0.2) is 45.0 Å². The molecular formula is C28H22ClF3N4O4S. The smallest absolute Gasteiger partial charge is 0.421 e. The van der Waals surface area contributed by atoms with Gasteiger partial charge in [0.25, 0.3) is 10.0 Å². The lowest BCUT2D eigenvalue weighted by Gasteiger charge is -2.20. The van der Waals surface area contributed by atoms with E-state index < -0.39 is 32.9 Å². The molecular weight excluding hydrogens is 581 g/mol. The third kappa shape index (κ3) is 5.32. The van der Waals surface area contributed by atoms with Crippen LogP contribution in [0, 0.1) is 0 Å². The third-order valence-electron chi connectivity index (χ3n) is 6.65. The number of hydrogen-bond donors (Lipinski definition) is 1. The summed E-state index contributed by atoms with van der Waals surface area (Å²) in [7, 11) is -4.39. The number of amides is 1. The molecule has 0 atom stereocenters. The zero-order valence-corrected chi connectivity index (χ0v) is 23.0. The first-order valence-electron chi connectivity index (χ1n) is 12.4. The van der Waals surface area contributed by atoms with Crippen molar-refractivity contribution in [1.29, 1.82) is 0 Å². The number of carboxylic acid groups (broad SMARTS) is 1. The minimum absolute atomic E-state index is 0.0875. The Morgan fingerprint density at radius 1 is 1.10 bits per heavy atom. The number of aromatic nitrogens is 3. The summed E-state index contributed by atoms with van der Waals surface area (Å²) in [6.07, 6.45) is -2.77. The van der Waals surface area contributed by atoms with Crippen molar-refractivity contribution < 1.29 is 31.5 Å². The van der Waals surface area contributed by atoms with E-state index in [9.17, 15) is 31.5 Å². The average molecular weight is 603 g/mol. The lowest BCUT2D eigenvalue weighted by molar-refractivity contribution is -0.137. The van der Waals surface area contributed by atoms with Crippen molar-refractivity contribution in [1.82, 2.24) is 18.8 Å². The second kappa shape index (κ2) is 10.7. The molecule has 212 valence electrons. The van der Waals surface area contributed by atoms with Crippen molar-refractivity contribution in [2.24, 2.45) is 0 Å². The predicted octanol–water partition coefficient (Wildman–Crippen LogP) is 6.72. The van der Waals surface area contributed by atoms with Crippen LogP contribution in [0.3, 0.4) is 0 Å². The van der Waals surface area contributed by atoms with Gasteiger partial charge in [-0.2, -0.15) is 13.2 Å². The number of pyridine rings is 1. The molecule has 0 unspecified atom stereocenters. The Hall–Kier alpha value is -4.16. The molecule has 2 aromatic heterocycles. The van der Waals surface area contributed by atoms with Gasteiger partial charge in [0.1, 0.15) is 5.82 Å². The molecule has 0 saturated heterocycles. The minimum atomic E-state index is -4.62. The SMILES string of the molecule is CCc1nc2cc(C(F)(F)F)c(Cl)cc2n1-c1ccc(CCN(C(=O)O)S(=O)(=O)c2cccc3cnccc23)cc1. The van der Waals surface area contributed by atoms with Gasteiger partial charge in [-0.05, 0) is 48.4 Å². The first-order chi connectivity index (χ1) is 19.4. The molecule has 5 rings (SSSR count). The molecule has 0 bridgehead atoms. The van der Waals surface area contributed by atoms with E-state index in [0.29, 0.717) is 44.1 Å². The van der Waals surface area contributed by atoms with Gasteiger partial charge in [0.15, 0.2) is 0 Å². The molecule has 8 nitrogen and oxygen atoms in total. The molecule has 1 N–H and O–H groups in total. The van der Waals surface area contributed by atoms with Gasteiger partial charge in [-0.25, -0.2) is 22.5 Å². The van der Waals surface area contributed by atoms with E-state index in [0.717, 1.165) is 6.07 Å². The molecule has 0 aliphatic carbocycles. The zero-order valence-electron chi connectivity index (χ0n) is 21.4. The Bertz CT molecular complexity index is 1890. The molecule has 13 heteroatoms. The predicted molar refractivity (Wildman–Crippen MR) is 148 cm³/mol. The van der Waals surface area contributed by atoms with E-state index in [1.165, 1.54) is 36.7 Å². The summed E-state index contributed by atoms with van der Waals surface area (Å²) in [5, 5.41) is 10.3. The monoisotopic (exact) mass is 602 g/mol. The summed E-state index contributed by atoms with van der Waals surface area (Å²) in [6.45, 7) is 1.49. The Labute approximate surface area is 237 Å². The molecule has 1 amide bonds. The standard InChI is InChI=1S/C28H22ClF3N4O4S/c1-2-26-34-23-14-21(28(30,31)32)22(29)15-24(23)36(26)19-8-6-17(7-9-19)11-13-35(27(37)38)41(39,40)25-5-3-4-18-16-33-12-10-20(18)25/h3-10,12,14-16H,2,11,13H2,1H3,(H,37,38). The molecule has 0 aliphatic rings. The first-order valence-corrected chi connectivity index (χ1v) is 14.2. The molecule has 3 aromatic carbocycles. The number of carbonyl (C=O) groups is 1. The Morgan fingerprint density at radius 2 is 1.83 bits per heavy atom. The fraction of sp³-hybridized carbons (Fsp3) is 0.179. The van der Waals surface area contributed by atoms with Crippen molar-refractivity contribution in [2.75, 3.05) is 6.54 Å². The van der Waals surface area contributed by atoms with Gasteiger partial charge in [-0.1, -0.05) is 42.8 Å². The van der Waals surface area contributed by atoms with Crippen LogP contribution >= 0.6 is 11.6 Å². The fourth-order valence-electron chi connectivity index (χ4n) is 4.69. The number of fused-ring (bicyclic) bond motifs is 2. The summed E-state index contributed by atoms with van der Waals surface area (Å²) in [4.78, 5) is 20.2. The van der Waals surface area contributed by atoms with Crippen LogP contribution in [-0.2, 0) is 29.0 Å². The molecule has 0 radical (unpaired) electrons. The Morgan fingerprint density at radius 3 is 2.49 bits per heavy atom. The molecule has 0 fully saturated rings. The van der Waals surface area contributed by atoms with Gasteiger partial charge in [0.05, 0.1) is 26.5 Å². The van der Waals surface area contributed by atoms with Crippen molar-refractivity contribution in [2.45, 2.75) is 30.8 Å². The molecule has 0 saturated carbocycles. The normalized spacial score (nSPS) is 12.2. The molecule has 0 spiro atoms. The number of aryl methyl sites for hydroxylation is 1. The molecule has 41 heavy (non-hydrogen) atoms. The summed E-state index contributed by atoms with van der Waals surface area (Å²) < 4.78 is 68.9. The minimum Gasteiger partial charge on any atom is -0.464 e. The van der Waals surface area contributed by atoms with E-state index in [2.05, 4.69) is 9.97 Å². The number of rotatable bonds is 7. The average Bonchev–Trinajstić information content (AvgIpc) is 3.29. The lowest BCUT2D eigenvalue weighted by atomic mass is 10.1. The zero-order chi connectivity index (χ0) is 29.5. The largest absolute Gasteiger partial charge is 0.464 e. The van der Waals surface area contributed by atoms with Crippen LogP contribution in [0.5, 0.6) is 0 Å². The number of alkyl halides is 3. The molecule has 5 aromatic rings. The number of nitrogens with zero attached hydrogens (tertiary/aromatic N) is 4. The maximum absolute atomic E-state index is 13.4. The van der Waals surface area contributed by atoms with Crippen LogP contribution in [0.2, 0.25) is 5.02 Å². The van der Waals surface area contributed by atoms with Gasteiger partial charge in [-0.15, -0.1) is 0 Å². The number of imidazole rings is 1. The Balaban J connectivity index is 1.43. The van der Waals surface area contributed by atoms with Gasteiger partial charge in [-0.3, -0.25) is 9.55 Å². The van der Waals surface area contributed by atoms with E-state index in [1.807, 2.05) is 6.92 Å². The van der Waals surface area contributed by atoms with Gasteiger partial charge in [0, 0.05) is 41.8 Å².